The first-order valence-electron chi connectivity index (χ1n) is 4.82. The second-order valence-electron chi connectivity index (χ2n) is 3.05. The van der Waals surface area contributed by atoms with E-state index in [2.05, 4.69) is 49.2 Å². The molecule has 0 bridgehead atoms. The van der Waals surface area contributed by atoms with Crippen molar-refractivity contribution < 1.29 is 0 Å². The molecule has 0 rings (SSSR count). The van der Waals surface area contributed by atoms with E-state index in [-0.39, 0.29) is 0 Å². The molecule has 0 aliphatic rings. The number of hydrogen-bond donors (Lipinski definition) is 0. The summed E-state index contributed by atoms with van der Waals surface area (Å²) in [5.74, 6) is 0. The molecule has 1 nitrogen and oxygen atoms in total. The molecule has 0 aromatic carbocycles. The molecule has 0 aliphatic heterocycles. The Labute approximate surface area is 88.0 Å². The van der Waals surface area contributed by atoms with E-state index in [4.69, 9.17) is 0 Å². The Hall–Kier alpha value is -0.460. The van der Waals surface area contributed by atoms with E-state index in [1.54, 1.807) is 0 Å². The van der Waals surface area contributed by atoms with E-state index in [9.17, 15) is 0 Å². The Bertz CT molecular complexity index is 163. The van der Waals surface area contributed by atoms with Crippen LogP contribution < -0.4 is 0 Å². The fourth-order valence-electron chi connectivity index (χ4n) is 0.487. The van der Waals surface area contributed by atoms with Gasteiger partial charge in [-0.25, -0.2) is 4.99 Å². The Morgan fingerprint density at radius 2 is 1.92 bits per heavy atom. The van der Waals surface area contributed by atoms with Gasteiger partial charge < -0.3 is 0 Å². The molecule has 0 saturated carbocycles. The number of isothiocyanates is 1. The zero-order chi connectivity index (χ0) is 10.5. The highest BCUT2D eigenvalue weighted by molar-refractivity contribution is 7.78. The molecule has 0 saturated heterocycles. The van der Waals surface area contributed by atoms with E-state index in [0.29, 0.717) is 0 Å². The highest BCUT2D eigenvalue weighted by Crippen LogP contribution is 1.92. The third-order valence-electron chi connectivity index (χ3n) is 1.52. The van der Waals surface area contributed by atoms with Crippen LogP contribution in [0.2, 0.25) is 0 Å². The molecule has 0 heterocycles. The maximum Gasteiger partial charge on any atom is 0.0584 e. The smallest absolute Gasteiger partial charge is 0.0584 e. The zero-order valence-electron chi connectivity index (χ0n) is 9.26. The molecule has 2 heteroatoms. The molecule has 0 atom stereocenters. The van der Waals surface area contributed by atoms with Gasteiger partial charge in [-0.3, -0.25) is 0 Å². The van der Waals surface area contributed by atoms with Gasteiger partial charge in [0, 0.05) is 6.54 Å². The summed E-state index contributed by atoms with van der Waals surface area (Å²) in [5.41, 5.74) is 1.38. The van der Waals surface area contributed by atoms with Crippen LogP contribution >= 0.6 is 12.2 Å². The summed E-state index contributed by atoms with van der Waals surface area (Å²) in [6.07, 6.45) is 5.73. The van der Waals surface area contributed by atoms with Crippen molar-refractivity contribution in [1.82, 2.24) is 0 Å². The second-order valence-corrected chi connectivity index (χ2v) is 3.23. The summed E-state index contributed by atoms with van der Waals surface area (Å²) in [6.45, 7) is 9.23. The van der Waals surface area contributed by atoms with Crippen molar-refractivity contribution >= 4 is 17.4 Å². The first kappa shape index (κ1) is 15.0. The van der Waals surface area contributed by atoms with Crippen molar-refractivity contribution in [3.05, 3.63) is 11.6 Å². The number of unbranched alkanes of at least 4 members (excludes halogenated alkanes) is 2. The van der Waals surface area contributed by atoms with Crippen molar-refractivity contribution in [3.63, 3.8) is 0 Å². The van der Waals surface area contributed by atoms with Crippen LogP contribution in [0.25, 0.3) is 0 Å². The van der Waals surface area contributed by atoms with Gasteiger partial charge in [0.05, 0.1) is 5.16 Å². The summed E-state index contributed by atoms with van der Waals surface area (Å²) >= 11 is 4.38. The van der Waals surface area contributed by atoms with Gasteiger partial charge in [-0.1, -0.05) is 31.4 Å². The molecule has 0 fully saturated rings. The van der Waals surface area contributed by atoms with Crippen molar-refractivity contribution in [2.75, 3.05) is 6.54 Å². The highest BCUT2D eigenvalue weighted by Gasteiger charge is 1.79. The maximum atomic E-state index is 4.38. The van der Waals surface area contributed by atoms with Crippen LogP contribution in [0, 0.1) is 0 Å². The quantitative estimate of drug-likeness (QED) is 0.285. The minimum Gasteiger partial charge on any atom is -0.233 e. The van der Waals surface area contributed by atoms with Gasteiger partial charge in [-0.2, -0.15) is 0 Å². The lowest BCUT2D eigenvalue weighted by Gasteiger charge is -1.87. The molecule has 13 heavy (non-hydrogen) atoms. The van der Waals surface area contributed by atoms with Gasteiger partial charge in [0.25, 0.3) is 0 Å². The monoisotopic (exact) mass is 199 g/mol. The van der Waals surface area contributed by atoms with Crippen LogP contribution in [0.1, 0.15) is 47.0 Å². The van der Waals surface area contributed by atoms with Gasteiger partial charge in [0.2, 0.25) is 0 Å². The van der Waals surface area contributed by atoms with E-state index in [0.717, 1.165) is 13.0 Å². The molecule has 76 valence electrons. The number of hydrogen-bond acceptors (Lipinski definition) is 2. The fourth-order valence-corrected chi connectivity index (χ4v) is 0.578. The second kappa shape index (κ2) is 14.1. The van der Waals surface area contributed by atoms with Crippen molar-refractivity contribution in [3.8, 4) is 0 Å². The van der Waals surface area contributed by atoms with Crippen LogP contribution in [-0.2, 0) is 0 Å². The number of allylic oxidation sites excluding steroid dienone is 2. The normalized spacial score (nSPS) is 7.69. The SMILES string of the molecule is CC=C(C)C.CCCCCN=C=S. The molecule has 0 amide bonds. The Kier molecular flexibility index (Phi) is 16.3. The lowest BCUT2D eigenvalue weighted by Crippen LogP contribution is -1.77. The van der Waals surface area contributed by atoms with E-state index >= 15 is 0 Å². The average molecular weight is 199 g/mol. The van der Waals surface area contributed by atoms with Crippen LogP contribution in [0.3, 0.4) is 0 Å². The predicted octanol–water partition coefficient (Wildman–Crippen LogP) is 4.25. The number of nitrogens with zero attached hydrogens (tertiary/aromatic N) is 1. The summed E-state index contributed by atoms with van der Waals surface area (Å²) < 4.78 is 0. The average Bonchev–Trinajstić information content (AvgIpc) is 2.14. The molecule has 0 aliphatic carbocycles. The Morgan fingerprint density at radius 1 is 1.38 bits per heavy atom. The maximum absolute atomic E-state index is 4.38. The molecule has 0 spiro atoms. The van der Waals surface area contributed by atoms with Gasteiger partial charge in [-0.05, 0) is 39.4 Å². The minimum absolute atomic E-state index is 0.858. The number of thiocarbonyl (C=S) groups is 1. The first-order valence-corrected chi connectivity index (χ1v) is 5.23. The highest BCUT2D eigenvalue weighted by atomic mass is 32.1. The van der Waals surface area contributed by atoms with Gasteiger partial charge in [0.15, 0.2) is 0 Å². The van der Waals surface area contributed by atoms with E-state index in [1.165, 1.54) is 18.4 Å². The van der Waals surface area contributed by atoms with Crippen LogP contribution in [0.15, 0.2) is 16.6 Å². The summed E-state index contributed by atoms with van der Waals surface area (Å²) in [5, 5.41) is 2.33. The molecule has 0 unspecified atom stereocenters. The fraction of sp³-hybridized carbons (Fsp3) is 0.727. The molecule has 0 aromatic rings. The number of aliphatic imine (C=N–C) groups is 1. The lowest BCUT2D eigenvalue weighted by atomic mass is 10.3. The zero-order valence-corrected chi connectivity index (χ0v) is 10.1. The molecular weight excluding hydrogens is 178 g/mol. The topological polar surface area (TPSA) is 12.4 Å². The van der Waals surface area contributed by atoms with Crippen LogP contribution in [-0.4, -0.2) is 11.7 Å². The lowest BCUT2D eigenvalue weighted by molar-refractivity contribution is 0.730. The van der Waals surface area contributed by atoms with Crippen molar-refractivity contribution in [2.45, 2.75) is 47.0 Å². The van der Waals surface area contributed by atoms with Crippen molar-refractivity contribution in [2.24, 2.45) is 4.99 Å². The molecule has 0 N–H and O–H groups in total. The van der Waals surface area contributed by atoms with Gasteiger partial charge in [-0.15, -0.1) is 0 Å². The first-order chi connectivity index (χ1) is 6.18. The Balaban J connectivity index is 0. The third kappa shape index (κ3) is 24.6. The summed E-state index contributed by atoms with van der Waals surface area (Å²) in [7, 11) is 0. The van der Waals surface area contributed by atoms with Gasteiger partial charge in [0.1, 0.15) is 0 Å². The molecule has 0 radical (unpaired) electrons. The molecular formula is C11H21NS. The van der Waals surface area contributed by atoms with Crippen molar-refractivity contribution in [1.29, 1.82) is 0 Å². The third-order valence-corrected chi connectivity index (χ3v) is 1.64. The number of rotatable bonds is 4. The summed E-state index contributed by atoms with van der Waals surface area (Å²) in [6, 6.07) is 0. The Morgan fingerprint density at radius 3 is 2.23 bits per heavy atom. The van der Waals surface area contributed by atoms with Crippen LogP contribution in [0.5, 0.6) is 0 Å². The predicted molar refractivity (Wildman–Crippen MR) is 64.5 cm³/mol. The van der Waals surface area contributed by atoms with E-state index in [1.807, 2.05) is 6.92 Å². The molecule has 0 aromatic heterocycles. The summed E-state index contributed by atoms with van der Waals surface area (Å²) in [4.78, 5) is 3.77. The van der Waals surface area contributed by atoms with E-state index < -0.39 is 0 Å². The van der Waals surface area contributed by atoms with Gasteiger partial charge >= 0.3 is 0 Å². The largest absolute Gasteiger partial charge is 0.233 e. The minimum atomic E-state index is 0.858. The van der Waals surface area contributed by atoms with Crippen LogP contribution in [0.4, 0.5) is 0 Å². The standard InChI is InChI=1S/C6H11NS.C5H10/c1-2-3-4-5-7-6-8;1-4-5(2)3/h2-5H2,1H3;4H,1-3H3.